The summed E-state index contributed by atoms with van der Waals surface area (Å²) in [5, 5.41) is 3.45. The van der Waals surface area contributed by atoms with Crippen LogP contribution in [0.2, 0.25) is 0 Å². The van der Waals surface area contributed by atoms with Crippen molar-refractivity contribution >= 4 is 5.69 Å². The summed E-state index contributed by atoms with van der Waals surface area (Å²) in [5.74, 6) is 0.927. The van der Waals surface area contributed by atoms with Crippen LogP contribution in [0.4, 0.5) is 5.69 Å². The summed E-state index contributed by atoms with van der Waals surface area (Å²) >= 11 is 0. The van der Waals surface area contributed by atoms with E-state index in [4.69, 9.17) is 4.74 Å². The van der Waals surface area contributed by atoms with E-state index < -0.39 is 0 Å². The molecule has 2 aromatic rings. The molecule has 1 N–H and O–H groups in total. The highest BCUT2D eigenvalue weighted by Gasteiger charge is 2.08. The summed E-state index contributed by atoms with van der Waals surface area (Å²) in [5.41, 5.74) is 5.17. The molecule has 3 rings (SSSR count). The summed E-state index contributed by atoms with van der Waals surface area (Å²) in [6, 6.07) is 14.8. The summed E-state index contributed by atoms with van der Waals surface area (Å²) in [7, 11) is 0. The molecule has 0 atom stereocenters. The van der Waals surface area contributed by atoms with Crippen molar-refractivity contribution in [2.45, 2.75) is 26.4 Å². The first-order valence-corrected chi connectivity index (χ1v) is 6.86. The third kappa shape index (κ3) is 2.90. The highest BCUT2D eigenvalue weighted by atomic mass is 16.5. The Hall–Kier alpha value is -1.96. The fraction of sp³-hybridized carbons (Fsp3) is 0.294. The molecule has 0 fully saturated rings. The van der Waals surface area contributed by atoms with Gasteiger partial charge in [-0.2, -0.15) is 0 Å². The van der Waals surface area contributed by atoms with Crippen LogP contribution in [-0.4, -0.2) is 6.54 Å². The lowest BCUT2D eigenvalue weighted by molar-refractivity contribution is 0.306. The Morgan fingerprint density at radius 3 is 2.79 bits per heavy atom. The lowest BCUT2D eigenvalue weighted by atomic mass is 10.0. The van der Waals surface area contributed by atoms with Gasteiger partial charge in [0.15, 0.2) is 0 Å². The molecule has 2 nitrogen and oxygen atoms in total. The normalized spacial score (nSPS) is 13.5. The standard InChI is InChI=1S/C17H19NO/c1-13-4-8-16(9-5-13)19-12-14-6-7-15-3-2-10-18-17(15)11-14/h4-9,11,18H,2-3,10,12H2,1H3. The van der Waals surface area contributed by atoms with Crippen LogP contribution in [0.15, 0.2) is 42.5 Å². The first-order valence-electron chi connectivity index (χ1n) is 6.86. The molecule has 2 aromatic carbocycles. The first-order chi connectivity index (χ1) is 9.31. The largest absolute Gasteiger partial charge is 0.489 e. The van der Waals surface area contributed by atoms with Gasteiger partial charge in [0.05, 0.1) is 0 Å². The van der Waals surface area contributed by atoms with Crippen molar-refractivity contribution in [2.24, 2.45) is 0 Å². The van der Waals surface area contributed by atoms with Crippen LogP contribution in [0.5, 0.6) is 5.75 Å². The van der Waals surface area contributed by atoms with Crippen molar-refractivity contribution in [3.05, 3.63) is 59.2 Å². The topological polar surface area (TPSA) is 21.3 Å². The molecule has 1 aliphatic heterocycles. The zero-order valence-corrected chi connectivity index (χ0v) is 11.3. The maximum absolute atomic E-state index is 5.81. The Morgan fingerprint density at radius 2 is 1.95 bits per heavy atom. The van der Waals surface area contributed by atoms with Crippen LogP contribution in [0.1, 0.15) is 23.1 Å². The lowest BCUT2D eigenvalue weighted by Gasteiger charge is -2.18. The molecule has 0 saturated carbocycles. The Labute approximate surface area is 114 Å². The van der Waals surface area contributed by atoms with Crippen LogP contribution in [0, 0.1) is 6.92 Å². The Kier molecular flexibility index (Phi) is 3.41. The van der Waals surface area contributed by atoms with Gasteiger partial charge in [-0.3, -0.25) is 0 Å². The zero-order valence-electron chi connectivity index (χ0n) is 11.3. The number of rotatable bonds is 3. The number of fused-ring (bicyclic) bond motifs is 1. The summed E-state index contributed by atoms with van der Waals surface area (Å²) < 4.78 is 5.81. The van der Waals surface area contributed by atoms with Gasteiger partial charge in [0.25, 0.3) is 0 Å². The third-order valence-corrected chi connectivity index (χ3v) is 3.54. The minimum absolute atomic E-state index is 0.623. The van der Waals surface area contributed by atoms with Crippen LogP contribution in [0.3, 0.4) is 0 Å². The number of hydrogen-bond acceptors (Lipinski definition) is 2. The molecule has 0 aromatic heterocycles. The molecule has 0 radical (unpaired) electrons. The molecule has 0 amide bonds. The minimum atomic E-state index is 0.623. The van der Waals surface area contributed by atoms with Crippen molar-refractivity contribution in [1.29, 1.82) is 0 Å². The number of ether oxygens (including phenoxy) is 1. The van der Waals surface area contributed by atoms with Crippen molar-refractivity contribution in [2.75, 3.05) is 11.9 Å². The second-order valence-corrected chi connectivity index (χ2v) is 5.12. The second kappa shape index (κ2) is 5.35. The van der Waals surface area contributed by atoms with Gasteiger partial charge in [-0.15, -0.1) is 0 Å². The predicted octanol–water partition coefficient (Wildman–Crippen LogP) is 3.93. The fourth-order valence-corrected chi connectivity index (χ4v) is 2.40. The van der Waals surface area contributed by atoms with E-state index in [1.54, 1.807) is 0 Å². The molecule has 1 aliphatic rings. The number of anilines is 1. The molecular weight excluding hydrogens is 234 g/mol. The van der Waals surface area contributed by atoms with E-state index in [0.717, 1.165) is 12.3 Å². The molecule has 2 heteroatoms. The van der Waals surface area contributed by atoms with Crippen LogP contribution in [-0.2, 0) is 13.0 Å². The summed E-state index contributed by atoms with van der Waals surface area (Å²) in [6.07, 6.45) is 2.41. The number of aryl methyl sites for hydroxylation is 2. The van der Waals surface area contributed by atoms with Gasteiger partial charge in [-0.05, 0) is 49.1 Å². The number of nitrogens with one attached hydrogen (secondary N) is 1. The molecule has 98 valence electrons. The van der Waals surface area contributed by atoms with Crippen LogP contribution < -0.4 is 10.1 Å². The summed E-state index contributed by atoms with van der Waals surface area (Å²) in [6.45, 7) is 3.78. The smallest absolute Gasteiger partial charge is 0.119 e. The van der Waals surface area contributed by atoms with E-state index in [1.807, 2.05) is 12.1 Å². The van der Waals surface area contributed by atoms with E-state index in [9.17, 15) is 0 Å². The molecule has 0 bridgehead atoms. The van der Waals surface area contributed by atoms with Crippen molar-refractivity contribution < 1.29 is 4.74 Å². The first kappa shape index (κ1) is 12.1. The van der Waals surface area contributed by atoms with Crippen LogP contribution in [0.25, 0.3) is 0 Å². The maximum Gasteiger partial charge on any atom is 0.119 e. The van der Waals surface area contributed by atoms with Crippen molar-refractivity contribution in [3.8, 4) is 5.75 Å². The minimum Gasteiger partial charge on any atom is -0.489 e. The Morgan fingerprint density at radius 1 is 1.11 bits per heavy atom. The zero-order chi connectivity index (χ0) is 13.1. The Balaban J connectivity index is 1.68. The van der Waals surface area contributed by atoms with Gasteiger partial charge in [0, 0.05) is 12.2 Å². The van der Waals surface area contributed by atoms with Crippen molar-refractivity contribution in [1.82, 2.24) is 0 Å². The second-order valence-electron chi connectivity index (χ2n) is 5.12. The molecule has 0 unspecified atom stereocenters. The van der Waals surface area contributed by atoms with Gasteiger partial charge in [-0.1, -0.05) is 29.8 Å². The average Bonchev–Trinajstić information content (AvgIpc) is 2.46. The van der Waals surface area contributed by atoms with E-state index in [0.29, 0.717) is 6.61 Å². The molecule has 0 spiro atoms. The van der Waals surface area contributed by atoms with E-state index >= 15 is 0 Å². The molecule has 0 saturated heterocycles. The quantitative estimate of drug-likeness (QED) is 0.894. The van der Waals surface area contributed by atoms with E-state index in [-0.39, 0.29) is 0 Å². The molecular formula is C17H19NO. The average molecular weight is 253 g/mol. The highest BCUT2D eigenvalue weighted by molar-refractivity contribution is 5.54. The third-order valence-electron chi connectivity index (χ3n) is 3.54. The Bertz CT molecular complexity index is 560. The molecule has 0 aliphatic carbocycles. The maximum atomic E-state index is 5.81. The van der Waals surface area contributed by atoms with Crippen molar-refractivity contribution in [3.63, 3.8) is 0 Å². The summed E-state index contributed by atoms with van der Waals surface area (Å²) in [4.78, 5) is 0. The van der Waals surface area contributed by atoms with Crippen LogP contribution >= 0.6 is 0 Å². The SMILES string of the molecule is Cc1ccc(OCc2ccc3c(c2)NCCC3)cc1. The van der Waals surface area contributed by atoms with Gasteiger partial charge in [0.1, 0.15) is 12.4 Å². The molecule has 19 heavy (non-hydrogen) atoms. The number of hydrogen-bond donors (Lipinski definition) is 1. The van der Waals surface area contributed by atoms with E-state index in [2.05, 4.69) is 42.6 Å². The van der Waals surface area contributed by atoms with Gasteiger partial charge >= 0.3 is 0 Å². The van der Waals surface area contributed by atoms with Gasteiger partial charge in [0.2, 0.25) is 0 Å². The predicted molar refractivity (Wildman–Crippen MR) is 78.8 cm³/mol. The fourth-order valence-electron chi connectivity index (χ4n) is 2.40. The molecule has 1 heterocycles. The van der Waals surface area contributed by atoms with Gasteiger partial charge < -0.3 is 10.1 Å². The monoisotopic (exact) mass is 253 g/mol. The van der Waals surface area contributed by atoms with Gasteiger partial charge in [-0.25, -0.2) is 0 Å². The van der Waals surface area contributed by atoms with E-state index in [1.165, 1.54) is 35.2 Å². The number of benzene rings is 2. The lowest BCUT2D eigenvalue weighted by Crippen LogP contribution is -2.12. The highest BCUT2D eigenvalue weighted by Crippen LogP contribution is 2.23.